The van der Waals surface area contributed by atoms with E-state index < -0.39 is 5.82 Å². The molecule has 0 saturated carbocycles. The molecule has 76 valence electrons. The summed E-state index contributed by atoms with van der Waals surface area (Å²) < 4.78 is 13.6. The topological polar surface area (TPSA) is 47.8 Å². The molecule has 1 heterocycles. The minimum absolute atomic E-state index is 0.0220. The van der Waals surface area contributed by atoms with Gasteiger partial charge in [-0.25, -0.2) is 4.39 Å². The first kappa shape index (κ1) is 9.51. The zero-order valence-electron chi connectivity index (χ0n) is 8.01. The maximum atomic E-state index is 13.6. The summed E-state index contributed by atoms with van der Waals surface area (Å²) in [4.78, 5) is 12.0. The molecular formula is C10H8FN3O. The third-order valence-electron chi connectivity index (χ3n) is 2.10. The molecule has 2 rings (SSSR count). The monoisotopic (exact) mass is 205 g/mol. The Morgan fingerprint density at radius 1 is 1.33 bits per heavy atom. The summed E-state index contributed by atoms with van der Waals surface area (Å²) >= 11 is 0. The molecule has 0 spiro atoms. The summed E-state index contributed by atoms with van der Waals surface area (Å²) in [7, 11) is 0. The third kappa shape index (κ3) is 1.52. The molecule has 2 aromatic rings. The molecule has 0 bridgehead atoms. The Bertz CT molecular complexity index is 494. The fraction of sp³-hybridized carbons (Fsp3) is 0.100. The average Bonchev–Trinajstić information content (AvgIpc) is 2.75. The Balaban J connectivity index is 2.68. The Hall–Kier alpha value is -2.04. The molecule has 15 heavy (non-hydrogen) atoms. The highest BCUT2D eigenvalue weighted by molar-refractivity contribution is 5.81. The molecule has 0 aliphatic heterocycles. The number of aldehydes is 1. The van der Waals surface area contributed by atoms with E-state index >= 15 is 0 Å². The van der Waals surface area contributed by atoms with E-state index in [1.54, 1.807) is 19.1 Å². The number of rotatable bonds is 2. The van der Waals surface area contributed by atoms with Crippen molar-refractivity contribution in [3.05, 3.63) is 41.5 Å². The first-order chi connectivity index (χ1) is 7.24. The van der Waals surface area contributed by atoms with Crippen molar-refractivity contribution in [1.82, 2.24) is 15.0 Å². The highest BCUT2D eigenvalue weighted by Crippen LogP contribution is 2.17. The van der Waals surface area contributed by atoms with Crippen LogP contribution in [0.25, 0.3) is 5.69 Å². The fourth-order valence-corrected chi connectivity index (χ4v) is 1.32. The first-order valence-corrected chi connectivity index (χ1v) is 4.35. The van der Waals surface area contributed by atoms with Crippen LogP contribution in [0.1, 0.15) is 15.9 Å². The number of benzene rings is 1. The van der Waals surface area contributed by atoms with Crippen LogP contribution in [-0.2, 0) is 0 Å². The summed E-state index contributed by atoms with van der Waals surface area (Å²) in [5.74, 6) is -0.528. The lowest BCUT2D eigenvalue weighted by atomic mass is 10.1. The second kappa shape index (κ2) is 3.61. The number of nitrogens with zero attached hydrogens (tertiary/aromatic N) is 3. The normalized spacial score (nSPS) is 10.3. The number of carbonyl (C=O) groups excluding carboxylic acids is 1. The summed E-state index contributed by atoms with van der Waals surface area (Å²) in [5.41, 5.74) is 0.748. The van der Waals surface area contributed by atoms with Gasteiger partial charge >= 0.3 is 0 Å². The number of hydrogen-bond acceptors (Lipinski definition) is 3. The van der Waals surface area contributed by atoms with Gasteiger partial charge in [-0.2, -0.15) is 15.0 Å². The van der Waals surface area contributed by atoms with Gasteiger partial charge in [-0.15, -0.1) is 0 Å². The maximum Gasteiger partial charge on any atom is 0.155 e. The van der Waals surface area contributed by atoms with Crippen LogP contribution >= 0.6 is 0 Å². The van der Waals surface area contributed by atoms with Crippen LogP contribution in [0.4, 0.5) is 4.39 Å². The summed E-state index contributed by atoms with van der Waals surface area (Å²) in [6.07, 6.45) is 3.40. The molecule has 0 radical (unpaired) electrons. The molecule has 1 aromatic heterocycles. The van der Waals surface area contributed by atoms with Crippen LogP contribution in [-0.4, -0.2) is 21.3 Å². The summed E-state index contributed by atoms with van der Waals surface area (Å²) in [5, 5.41) is 7.69. The van der Waals surface area contributed by atoms with Crippen LogP contribution in [0, 0.1) is 12.7 Å². The number of aryl methyl sites for hydroxylation is 1. The van der Waals surface area contributed by atoms with Gasteiger partial charge in [-0.3, -0.25) is 4.79 Å². The number of aromatic nitrogens is 3. The van der Waals surface area contributed by atoms with Crippen molar-refractivity contribution in [2.75, 3.05) is 0 Å². The number of halogens is 1. The number of hydrogen-bond donors (Lipinski definition) is 0. The zero-order chi connectivity index (χ0) is 10.8. The molecule has 0 aliphatic carbocycles. The molecule has 0 aliphatic rings. The molecule has 0 unspecified atom stereocenters. The molecule has 0 fully saturated rings. The van der Waals surface area contributed by atoms with Crippen molar-refractivity contribution >= 4 is 6.29 Å². The Kier molecular flexibility index (Phi) is 2.29. The van der Waals surface area contributed by atoms with Crippen LogP contribution in [0.2, 0.25) is 0 Å². The Morgan fingerprint density at radius 3 is 2.60 bits per heavy atom. The van der Waals surface area contributed by atoms with Crippen molar-refractivity contribution < 1.29 is 9.18 Å². The first-order valence-electron chi connectivity index (χ1n) is 4.35. The van der Waals surface area contributed by atoms with Crippen molar-refractivity contribution in [2.45, 2.75) is 6.92 Å². The van der Waals surface area contributed by atoms with Crippen LogP contribution < -0.4 is 0 Å². The van der Waals surface area contributed by atoms with Crippen LogP contribution in [0.15, 0.2) is 24.5 Å². The molecule has 1 aromatic carbocycles. The van der Waals surface area contributed by atoms with E-state index in [1.807, 2.05) is 0 Å². The van der Waals surface area contributed by atoms with Gasteiger partial charge in [0.1, 0.15) is 5.82 Å². The lowest BCUT2D eigenvalue weighted by Gasteiger charge is -2.05. The van der Waals surface area contributed by atoms with E-state index in [4.69, 9.17) is 0 Å². The minimum atomic E-state index is -0.528. The van der Waals surface area contributed by atoms with E-state index in [0.29, 0.717) is 17.5 Å². The van der Waals surface area contributed by atoms with Crippen molar-refractivity contribution in [1.29, 1.82) is 0 Å². The van der Waals surface area contributed by atoms with Gasteiger partial charge in [0.2, 0.25) is 0 Å². The minimum Gasteiger partial charge on any atom is -0.298 e. The zero-order valence-corrected chi connectivity index (χ0v) is 8.01. The van der Waals surface area contributed by atoms with Crippen LogP contribution in [0.3, 0.4) is 0 Å². The molecule has 5 heteroatoms. The molecule has 0 N–H and O–H groups in total. The van der Waals surface area contributed by atoms with E-state index in [0.717, 1.165) is 0 Å². The van der Waals surface area contributed by atoms with Gasteiger partial charge in [0, 0.05) is 0 Å². The maximum absolute atomic E-state index is 13.6. The molecule has 0 saturated heterocycles. The Labute approximate surface area is 85.3 Å². The molecule has 0 atom stereocenters. The predicted octanol–water partition coefficient (Wildman–Crippen LogP) is 1.53. The third-order valence-corrected chi connectivity index (χ3v) is 2.10. The fourth-order valence-electron chi connectivity index (χ4n) is 1.32. The van der Waals surface area contributed by atoms with E-state index in [1.165, 1.54) is 17.2 Å². The van der Waals surface area contributed by atoms with E-state index in [-0.39, 0.29) is 5.56 Å². The SMILES string of the molecule is Cc1ccc(-n2nccn2)c(C=O)c1F. The molecule has 4 nitrogen and oxygen atoms in total. The van der Waals surface area contributed by atoms with Gasteiger partial charge in [-0.1, -0.05) is 6.07 Å². The lowest BCUT2D eigenvalue weighted by molar-refractivity contribution is 0.111. The highest BCUT2D eigenvalue weighted by atomic mass is 19.1. The van der Waals surface area contributed by atoms with Gasteiger partial charge in [-0.05, 0) is 18.6 Å². The van der Waals surface area contributed by atoms with Gasteiger partial charge < -0.3 is 0 Å². The lowest BCUT2D eigenvalue weighted by Crippen LogP contribution is -2.05. The largest absolute Gasteiger partial charge is 0.298 e. The smallest absolute Gasteiger partial charge is 0.155 e. The Morgan fingerprint density at radius 2 is 2.00 bits per heavy atom. The van der Waals surface area contributed by atoms with Crippen LogP contribution in [0.5, 0.6) is 0 Å². The molecule has 0 amide bonds. The highest BCUT2D eigenvalue weighted by Gasteiger charge is 2.12. The van der Waals surface area contributed by atoms with Crippen molar-refractivity contribution in [2.24, 2.45) is 0 Å². The standard InChI is InChI=1S/C10H8FN3O/c1-7-2-3-9(8(6-15)10(7)11)14-12-4-5-13-14/h2-6H,1H3. The van der Waals surface area contributed by atoms with Gasteiger partial charge in [0.05, 0.1) is 23.6 Å². The quantitative estimate of drug-likeness (QED) is 0.698. The summed E-state index contributed by atoms with van der Waals surface area (Å²) in [6.45, 7) is 1.60. The second-order valence-electron chi connectivity index (χ2n) is 3.07. The van der Waals surface area contributed by atoms with Gasteiger partial charge in [0.25, 0.3) is 0 Å². The van der Waals surface area contributed by atoms with Gasteiger partial charge in [0.15, 0.2) is 6.29 Å². The van der Waals surface area contributed by atoms with Crippen molar-refractivity contribution in [3.8, 4) is 5.69 Å². The average molecular weight is 205 g/mol. The van der Waals surface area contributed by atoms with E-state index in [2.05, 4.69) is 10.2 Å². The number of carbonyl (C=O) groups is 1. The van der Waals surface area contributed by atoms with E-state index in [9.17, 15) is 9.18 Å². The molecular weight excluding hydrogens is 197 g/mol. The van der Waals surface area contributed by atoms with Crippen molar-refractivity contribution in [3.63, 3.8) is 0 Å². The predicted molar refractivity (Wildman–Crippen MR) is 51.4 cm³/mol. The summed E-state index contributed by atoms with van der Waals surface area (Å²) in [6, 6.07) is 3.20. The second-order valence-corrected chi connectivity index (χ2v) is 3.07.